The predicted molar refractivity (Wildman–Crippen MR) is 71.6 cm³/mol. The maximum atomic E-state index is 5.51. The molecule has 1 heterocycles. The lowest BCUT2D eigenvalue weighted by molar-refractivity contribution is 0.414. The summed E-state index contributed by atoms with van der Waals surface area (Å²) in [6, 6.07) is 7.99. The number of anilines is 2. The van der Waals surface area contributed by atoms with Gasteiger partial charge in [-0.1, -0.05) is 12.1 Å². The summed E-state index contributed by atoms with van der Waals surface area (Å²) in [5, 5.41) is 3.14. The van der Waals surface area contributed by atoms with Crippen molar-refractivity contribution in [3.63, 3.8) is 0 Å². The maximum Gasteiger partial charge on any atom is 0.222 e. The molecule has 5 nitrogen and oxygen atoms in total. The number of rotatable bonds is 5. The van der Waals surface area contributed by atoms with Gasteiger partial charge < -0.3 is 15.8 Å². The molecule has 0 aliphatic heterocycles. The summed E-state index contributed by atoms with van der Waals surface area (Å²) in [5.41, 5.74) is 7.28. The monoisotopic (exact) mass is 244 g/mol. The van der Waals surface area contributed by atoms with E-state index in [-0.39, 0.29) is 0 Å². The molecule has 0 aliphatic rings. The van der Waals surface area contributed by atoms with Crippen LogP contribution in [0.5, 0.6) is 5.75 Å². The first-order valence-corrected chi connectivity index (χ1v) is 5.72. The van der Waals surface area contributed by atoms with Crippen LogP contribution in [0.1, 0.15) is 5.56 Å². The number of aromatic nitrogens is 2. The van der Waals surface area contributed by atoms with E-state index in [0.717, 1.165) is 18.7 Å². The highest BCUT2D eigenvalue weighted by Crippen LogP contribution is 2.12. The third-order valence-electron chi connectivity index (χ3n) is 2.50. The van der Waals surface area contributed by atoms with Crippen molar-refractivity contribution in [2.24, 2.45) is 0 Å². The van der Waals surface area contributed by atoms with Crippen LogP contribution in [0.15, 0.2) is 36.7 Å². The molecule has 0 fully saturated rings. The Balaban J connectivity index is 1.86. The van der Waals surface area contributed by atoms with E-state index in [4.69, 9.17) is 10.5 Å². The summed E-state index contributed by atoms with van der Waals surface area (Å²) in [5.74, 6) is 1.46. The number of nitrogens with two attached hydrogens (primary N) is 1. The highest BCUT2D eigenvalue weighted by molar-refractivity contribution is 5.36. The quantitative estimate of drug-likeness (QED) is 0.837. The second-order valence-electron chi connectivity index (χ2n) is 3.87. The van der Waals surface area contributed by atoms with Gasteiger partial charge in [-0.3, -0.25) is 0 Å². The average molecular weight is 244 g/mol. The van der Waals surface area contributed by atoms with Crippen molar-refractivity contribution < 1.29 is 4.74 Å². The zero-order chi connectivity index (χ0) is 12.8. The largest absolute Gasteiger partial charge is 0.497 e. The summed E-state index contributed by atoms with van der Waals surface area (Å²) >= 11 is 0. The van der Waals surface area contributed by atoms with Gasteiger partial charge in [-0.2, -0.15) is 0 Å². The van der Waals surface area contributed by atoms with Gasteiger partial charge in [-0.25, -0.2) is 9.97 Å². The Labute approximate surface area is 106 Å². The van der Waals surface area contributed by atoms with Crippen LogP contribution in [-0.2, 0) is 6.42 Å². The lowest BCUT2D eigenvalue weighted by Gasteiger charge is -2.06. The molecule has 0 atom stereocenters. The standard InChI is InChI=1S/C13H16N4O/c1-18-12-4-2-3-10(7-12)5-6-15-13-16-8-11(14)9-17-13/h2-4,7-9H,5-6,14H2,1H3,(H,15,16,17). The average Bonchev–Trinajstić information content (AvgIpc) is 2.41. The van der Waals surface area contributed by atoms with E-state index in [1.165, 1.54) is 5.56 Å². The molecule has 1 aromatic heterocycles. The molecule has 18 heavy (non-hydrogen) atoms. The predicted octanol–water partition coefficient (Wildman–Crippen LogP) is 1.72. The number of nitrogens with zero attached hydrogens (tertiary/aromatic N) is 2. The van der Waals surface area contributed by atoms with Crippen LogP contribution in [0.4, 0.5) is 11.6 Å². The Morgan fingerprint density at radius 1 is 1.28 bits per heavy atom. The highest BCUT2D eigenvalue weighted by atomic mass is 16.5. The van der Waals surface area contributed by atoms with Gasteiger partial charge in [-0.05, 0) is 24.1 Å². The Hall–Kier alpha value is -2.30. The van der Waals surface area contributed by atoms with Gasteiger partial charge in [0.05, 0.1) is 25.2 Å². The normalized spacial score (nSPS) is 10.1. The van der Waals surface area contributed by atoms with E-state index in [1.807, 2.05) is 18.2 Å². The topological polar surface area (TPSA) is 73.1 Å². The maximum absolute atomic E-state index is 5.51. The van der Waals surface area contributed by atoms with Gasteiger partial charge in [-0.15, -0.1) is 0 Å². The third kappa shape index (κ3) is 3.35. The van der Waals surface area contributed by atoms with E-state index in [2.05, 4.69) is 21.4 Å². The molecule has 0 radical (unpaired) electrons. The molecule has 2 rings (SSSR count). The molecule has 0 bridgehead atoms. The number of nitrogens with one attached hydrogen (secondary N) is 1. The molecule has 0 saturated carbocycles. The van der Waals surface area contributed by atoms with Crippen molar-refractivity contribution in [3.8, 4) is 5.75 Å². The Bertz CT molecular complexity index is 499. The number of ether oxygens (including phenoxy) is 1. The molecule has 0 unspecified atom stereocenters. The molecule has 0 aliphatic carbocycles. The van der Waals surface area contributed by atoms with Gasteiger partial charge >= 0.3 is 0 Å². The Kier molecular flexibility index (Phi) is 3.96. The zero-order valence-corrected chi connectivity index (χ0v) is 10.3. The number of nitrogen functional groups attached to an aromatic ring is 1. The number of methoxy groups -OCH3 is 1. The van der Waals surface area contributed by atoms with Crippen molar-refractivity contribution in [1.82, 2.24) is 9.97 Å². The molecular weight excluding hydrogens is 228 g/mol. The minimum absolute atomic E-state index is 0.563. The van der Waals surface area contributed by atoms with Crippen molar-refractivity contribution in [2.45, 2.75) is 6.42 Å². The number of hydrogen-bond acceptors (Lipinski definition) is 5. The first kappa shape index (κ1) is 12.2. The minimum Gasteiger partial charge on any atom is -0.497 e. The van der Waals surface area contributed by atoms with Crippen molar-refractivity contribution >= 4 is 11.6 Å². The van der Waals surface area contributed by atoms with Crippen LogP contribution in [0.25, 0.3) is 0 Å². The van der Waals surface area contributed by atoms with E-state index in [1.54, 1.807) is 19.5 Å². The molecule has 0 spiro atoms. The Morgan fingerprint density at radius 3 is 2.78 bits per heavy atom. The molecule has 0 saturated heterocycles. The van der Waals surface area contributed by atoms with Crippen LogP contribution in [-0.4, -0.2) is 23.6 Å². The number of benzene rings is 1. The first-order valence-electron chi connectivity index (χ1n) is 5.72. The van der Waals surface area contributed by atoms with Gasteiger partial charge in [0.1, 0.15) is 5.75 Å². The summed E-state index contributed by atoms with van der Waals surface area (Å²) in [4.78, 5) is 8.14. The number of hydrogen-bond donors (Lipinski definition) is 2. The van der Waals surface area contributed by atoms with Crippen molar-refractivity contribution in [2.75, 3.05) is 24.7 Å². The SMILES string of the molecule is COc1cccc(CCNc2ncc(N)cn2)c1. The van der Waals surface area contributed by atoms with E-state index in [0.29, 0.717) is 11.6 Å². The van der Waals surface area contributed by atoms with Crippen LogP contribution in [0, 0.1) is 0 Å². The van der Waals surface area contributed by atoms with Crippen molar-refractivity contribution in [1.29, 1.82) is 0 Å². The van der Waals surface area contributed by atoms with Crippen LogP contribution >= 0.6 is 0 Å². The van der Waals surface area contributed by atoms with Gasteiger partial charge in [0.2, 0.25) is 5.95 Å². The molecule has 5 heteroatoms. The molecule has 3 N–H and O–H groups in total. The van der Waals surface area contributed by atoms with Gasteiger partial charge in [0.25, 0.3) is 0 Å². The van der Waals surface area contributed by atoms with Crippen LogP contribution < -0.4 is 15.8 Å². The van der Waals surface area contributed by atoms with Crippen LogP contribution in [0.3, 0.4) is 0 Å². The van der Waals surface area contributed by atoms with Crippen LogP contribution in [0.2, 0.25) is 0 Å². The summed E-state index contributed by atoms with van der Waals surface area (Å²) < 4.78 is 5.17. The third-order valence-corrected chi connectivity index (χ3v) is 2.50. The summed E-state index contributed by atoms with van der Waals surface area (Å²) in [7, 11) is 1.67. The first-order chi connectivity index (χ1) is 8.78. The second-order valence-corrected chi connectivity index (χ2v) is 3.87. The van der Waals surface area contributed by atoms with E-state index < -0.39 is 0 Å². The zero-order valence-electron chi connectivity index (χ0n) is 10.3. The highest BCUT2D eigenvalue weighted by Gasteiger charge is 1.98. The summed E-state index contributed by atoms with van der Waals surface area (Å²) in [6.07, 6.45) is 4.05. The lowest BCUT2D eigenvalue weighted by atomic mass is 10.1. The summed E-state index contributed by atoms with van der Waals surface area (Å²) in [6.45, 7) is 0.761. The fraction of sp³-hybridized carbons (Fsp3) is 0.231. The molecule has 2 aromatic rings. The second kappa shape index (κ2) is 5.86. The fourth-order valence-corrected chi connectivity index (χ4v) is 1.58. The van der Waals surface area contributed by atoms with E-state index >= 15 is 0 Å². The fourth-order valence-electron chi connectivity index (χ4n) is 1.58. The van der Waals surface area contributed by atoms with Gasteiger partial charge in [0.15, 0.2) is 0 Å². The van der Waals surface area contributed by atoms with E-state index in [9.17, 15) is 0 Å². The van der Waals surface area contributed by atoms with Gasteiger partial charge in [0, 0.05) is 6.54 Å². The van der Waals surface area contributed by atoms with Crippen molar-refractivity contribution in [3.05, 3.63) is 42.2 Å². The Morgan fingerprint density at radius 2 is 2.06 bits per heavy atom. The molecular formula is C13H16N4O. The minimum atomic E-state index is 0.563. The smallest absolute Gasteiger partial charge is 0.222 e. The molecule has 0 amide bonds. The molecule has 94 valence electrons. The molecule has 1 aromatic carbocycles. The lowest BCUT2D eigenvalue weighted by Crippen LogP contribution is -2.08.